The Morgan fingerprint density at radius 1 is 1.24 bits per heavy atom. The number of aryl methyl sites for hydroxylation is 1. The summed E-state index contributed by atoms with van der Waals surface area (Å²) in [6.45, 7) is 4.68. The molecule has 3 atom stereocenters. The fourth-order valence-corrected chi connectivity index (χ4v) is 4.35. The fourth-order valence-electron chi connectivity index (χ4n) is 4.35. The van der Waals surface area contributed by atoms with Gasteiger partial charge >= 0.3 is 0 Å². The highest BCUT2D eigenvalue weighted by atomic mass is 15.1. The molecule has 3 rings (SSSR count). The molecule has 1 saturated carbocycles. The fraction of sp³-hybridized carbons (Fsp3) is 0.684. The molecule has 0 amide bonds. The van der Waals surface area contributed by atoms with Crippen molar-refractivity contribution in [2.75, 3.05) is 18.0 Å². The quantitative estimate of drug-likeness (QED) is 0.907. The molecule has 1 fully saturated rings. The van der Waals surface area contributed by atoms with E-state index in [0.717, 1.165) is 5.92 Å². The Kier molecular flexibility index (Phi) is 4.84. The summed E-state index contributed by atoms with van der Waals surface area (Å²) in [7, 11) is 0. The van der Waals surface area contributed by atoms with Gasteiger partial charge in [-0.3, -0.25) is 0 Å². The molecule has 1 aromatic rings. The topological polar surface area (TPSA) is 29.3 Å². The number of benzene rings is 1. The highest BCUT2D eigenvalue weighted by Gasteiger charge is 2.30. The van der Waals surface area contributed by atoms with Gasteiger partial charge in [0.25, 0.3) is 0 Å². The normalized spacial score (nSPS) is 29.2. The van der Waals surface area contributed by atoms with Crippen molar-refractivity contribution < 1.29 is 0 Å². The number of hydrogen-bond donors (Lipinski definition) is 1. The lowest BCUT2D eigenvalue weighted by Crippen LogP contribution is -2.44. The number of anilines is 1. The van der Waals surface area contributed by atoms with E-state index >= 15 is 0 Å². The zero-order valence-corrected chi connectivity index (χ0v) is 13.4. The molecule has 2 heteroatoms. The Bertz CT molecular complexity index is 457. The second-order valence-electron chi connectivity index (χ2n) is 7.07. The predicted octanol–water partition coefficient (Wildman–Crippen LogP) is 3.98. The second-order valence-corrected chi connectivity index (χ2v) is 7.07. The van der Waals surface area contributed by atoms with E-state index in [1.54, 1.807) is 0 Å². The molecule has 0 radical (unpaired) electrons. The van der Waals surface area contributed by atoms with E-state index in [4.69, 9.17) is 5.73 Å². The van der Waals surface area contributed by atoms with Crippen molar-refractivity contribution in [2.24, 2.45) is 17.6 Å². The van der Waals surface area contributed by atoms with Crippen LogP contribution in [0.3, 0.4) is 0 Å². The van der Waals surface area contributed by atoms with Gasteiger partial charge in [-0.15, -0.1) is 0 Å². The standard InChI is InChI=1S/C19H30N2/c1-2-6-15-10-11-18(20)17(13-15)14-21-12-5-8-16-7-3-4-9-19(16)21/h3-4,7,9,15,17-18H,2,5-6,8,10-14,20H2,1H3. The third kappa shape index (κ3) is 3.42. The minimum atomic E-state index is 0.409. The van der Waals surface area contributed by atoms with Crippen molar-refractivity contribution in [1.82, 2.24) is 0 Å². The molecule has 0 bridgehead atoms. The van der Waals surface area contributed by atoms with Crippen LogP contribution in [0.1, 0.15) is 51.0 Å². The van der Waals surface area contributed by atoms with Gasteiger partial charge < -0.3 is 10.6 Å². The van der Waals surface area contributed by atoms with Gasteiger partial charge in [0.15, 0.2) is 0 Å². The summed E-state index contributed by atoms with van der Waals surface area (Å²) in [5.74, 6) is 1.60. The molecular weight excluding hydrogens is 256 g/mol. The first-order chi connectivity index (χ1) is 10.3. The minimum absolute atomic E-state index is 0.409. The van der Waals surface area contributed by atoms with Gasteiger partial charge in [-0.1, -0.05) is 38.0 Å². The first-order valence-electron chi connectivity index (χ1n) is 8.86. The zero-order valence-electron chi connectivity index (χ0n) is 13.4. The molecule has 116 valence electrons. The summed E-state index contributed by atoms with van der Waals surface area (Å²) in [4.78, 5) is 2.61. The first kappa shape index (κ1) is 14.9. The first-order valence-corrected chi connectivity index (χ1v) is 8.86. The smallest absolute Gasteiger partial charge is 0.0398 e. The van der Waals surface area contributed by atoms with E-state index < -0.39 is 0 Å². The van der Waals surface area contributed by atoms with Crippen LogP contribution in [0.2, 0.25) is 0 Å². The van der Waals surface area contributed by atoms with Crippen molar-refractivity contribution in [3.63, 3.8) is 0 Å². The summed E-state index contributed by atoms with van der Waals surface area (Å²) < 4.78 is 0. The maximum absolute atomic E-state index is 6.45. The van der Waals surface area contributed by atoms with E-state index in [2.05, 4.69) is 36.1 Å². The summed E-state index contributed by atoms with van der Waals surface area (Å²) in [6, 6.07) is 9.35. The number of rotatable bonds is 4. The highest BCUT2D eigenvalue weighted by molar-refractivity contribution is 5.55. The van der Waals surface area contributed by atoms with E-state index in [9.17, 15) is 0 Å². The van der Waals surface area contributed by atoms with Crippen LogP contribution in [-0.2, 0) is 6.42 Å². The minimum Gasteiger partial charge on any atom is -0.371 e. The van der Waals surface area contributed by atoms with Crippen LogP contribution in [0, 0.1) is 11.8 Å². The average Bonchev–Trinajstić information content (AvgIpc) is 2.51. The molecule has 21 heavy (non-hydrogen) atoms. The molecular formula is C19H30N2. The maximum atomic E-state index is 6.45. The number of nitrogens with zero attached hydrogens (tertiary/aromatic N) is 1. The monoisotopic (exact) mass is 286 g/mol. The summed E-state index contributed by atoms with van der Waals surface area (Å²) in [5.41, 5.74) is 9.44. The lowest BCUT2D eigenvalue weighted by molar-refractivity contribution is 0.224. The van der Waals surface area contributed by atoms with Crippen LogP contribution in [0.5, 0.6) is 0 Å². The average molecular weight is 286 g/mol. The molecule has 0 aromatic heterocycles. The largest absolute Gasteiger partial charge is 0.371 e. The van der Waals surface area contributed by atoms with Crippen molar-refractivity contribution in [3.05, 3.63) is 29.8 Å². The van der Waals surface area contributed by atoms with E-state index in [-0.39, 0.29) is 0 Å². The highest BCUT2D eigenvalue weighted by Crippen LogP contribution is 2.34. The van der Waals surface area contributed by atoms with Gasteiger partial charge in [0, 0.05) is 24.8 Å². The van der Waals surface area contributed by atoms with Gasteiger partial charge in [0.05, 0.1) is 0 Å². The molecule has 0 saturated heterocycles. The predicted molar refractivity (Wildman–Crippen MR) is 90.7 cm³/mol. The van der Waals surface area contributed by atoms with Crippen LogP contribution < -0.4 is 10.6 Å². The van der Waals surface area contributed by atoms with Crippen LogP contribution in [-0.4, -0.2) is 19.1 Å². The molecule has 1 aliphatic heterocycles. The summed E-state index contributed by atoms with van der Waals surface area (Å²) in [6.07, 6.45) is 9.15. The lowest BCUT2D eigenvalue weighted by Gasteiger charge is -2.40. The van der Waals surface area contributed by atoms with Gasteiger partial charge in [-0.25, -0.2) is 0 Å². The molecule has 1 aliphatic carbocycles. The van der Waals surface area contributed by atoms with E-state index in [1.165, 1.54) is 69.3 Å². The number of fused-ring (bicyclic) bond motifs is 1. The summed E-state index contributed by atoms with van der Waals surface area (Å²) >= 11 is 0. The second kappa shape index (κ2) is 6.83. The summed E-state index contributed by atoms with van der Waals surface area (Å²) in [5, 5.41) is 0. The third-order valence-corrected chi connectivity index (χ3v) is 5.51. The Balaban J connectivity index is 1.68. The molecule has 0 spiro atoms. The van der Waals surface area contributed by atoms with Crippen molar-refractivity contribution in [2.45, 2.75) is 57.9 Å². The molecule has 2 aliphatic rings. The van der Waals surface area contributed by atoms with Crippen LogP contribution in [0.15, 0.2) is 24.3 Å². The Morgan fingerprint density at radius 2 is 2.10 bits per heavy atom. The zero-order chi connectivity index (χ0) is 14.7. The Labute approximate surface area is 129 Å². The number of nitrogens with two attached hydrogens (primary N) is 1. The SMILES string of the molecule is CCCC1CCC(N)C(CN2CCCc3ccccc32)C1. The number of para-hydroxylation sites is 1. The van der Waals surface area contributed by atoms with Gasteiger partial charge in [0.1, 0.15) is 0 Å². The molecule has 2 nitrogen and oxygen atoms in total. The molecule has 1 heterocycles. The molecule has 2 N–H and O–H groups in total. The number of hydrogen-bond acceptors (Lipinski definition) is 2. The van der Waals surface area contributed by atoms with E-state index in [1.807, 2.05) is 0 Å². The Morgan fingerprint density at radius 3 is 2.95 bits per heavy atom. The van der Waals surface area contributed by atoms with Gasteiger partial charge in [0.2, 0.25) is 0 Å². The van der Waals surface area contributed by atoms with Crippen LogP contribution >= 0.6 is 0 Å². The Hall–Kier alpha value is -1.02. The van der Waals surface area contributed by atoms with Crippen LogP contribution in [0.25, 0.3) is 0 Å². The van der Waals surface area contributed by atoms with Crippen molar-refractivity contribution >= 4 is 5.69 Å². The van der Waals surface area contributed by atoms with Crippen LogP contribution in [0.4, 0.5) is 5.69 Å². The lowest BCUT2D eigenvalue weighted by atomic mass is 9.76. The van der Waals surface area contributed by atoms with Crippen molar-refractivity contribution in [1.29, 1.82) is 0 Å². The molecule has 1 aromatic carbocycles. The van der Waals surface area contributed by atoms with E-state index in [0.29, 0.717) is 12.0 Å². The van der Waals surface area contributed by atoms with Crippen molar-refractivity contribution in [3.8, 4) is 0 Å². The maximum Gasteiger partial charge on any atom is 0.0398 e. The molecule has 3 unspecified atom stereocenters. The van der Waals surface area contributed by atoms with Gasteiger partial charge in [-0.05, 0) is 55.6 Å². The van der Waals surface area contributed by atoms with Gasteiger partial charge in [-0.2, -0.15) is 0 Å². The third-order valence-electron chi connectivity index (χ3n) is 5.51.